The van der Waals surface area contributed by atoms with Crippen LogP contribution >= 0.6 is 24.0 Å². The Hall–Kier alpha value is -0.560. The van der Waals surface area contributed by atoms with E-state index in [9.17, 15) is 17.6 Å². The molecular weight excluding hydrogens is 285 g/mol. The molecule has 8 heteroatoms. The lowest BCUT2D eigenvalue weighted by Crippen LogP contribution is -2.38. The highest BCUT2D eigenvalue weighted by molar-refractivity contribution is 6.30. The van der Waals surface area contributed by atoms with Crippen LogP contribution in [0, 0.1) is 5.82 Å². The summed E-state index contributed by atoms with van der Waals surface area (Å²) in [6.07, 6.45) is -7.55. The predicted molar refractivity (Wildman–Crippen MR) is 57.6 cm³/mol. The van der Waals surface area contributed by atoms with E-state index in [2.05, 4.69) is 0 Å². The van der Waals surface area contributed by atoms with E-state index in [1.165, 1.54) is 0 Å². The van der Waals surface area contributed by atoms with Gasteiger partial charge in [-0.1, -0.05) is 17.7 Å². The summed E-state index contributed by atoms with van der Waals surface area (Å²) >= 11 is 5.38. The molecule has 0 heterocycles. The SMILES string of the molecule is Cl.N[C@H](c1ccc(F)c(Cl)c1)[C@@H](O)C(F)(F)F. The van der Waals surface area contributed by atoms with Crippen molar-refractivity contribution in [1.82, 2.24) is 0 Å². The fourth-order valence-electron chi connectivity index (χ4n) is 1.11. The largest absolute Gasteiger partial charge is 0.416 e. The monoisotopic (exact) mass is 293 g/mol. The topological polar surface area (TPSA) is 46.2 Å². The van der Waals surface area contributed by atoms with Gasteiger partial charge in [0.15, 0.2) is 6.10 Å². The zero-order chi connectivity index (χ0) is 12.5. The van der Waals surface area contributed by atoms with Gasteiger partial charge in [-0.2, -0.15) is 13.2 Å². The molecule has 2 nitrogen and oxygen atoms in total. The van der Waals surface area contributed by atoms with E-state index < -0.39 is 24.1 Å². The third kappa shape index (κ3) is 3.99. The highest BCUT2D eigenvalue weighted by Gasteiger charge is 2.42. The molecule has 1 rings (SSSR count). The second-order valence-electron chi connectivity index (χ2n) is 3.19. The molecule has 0 unspecified atom stereocenters. The molecule has 0 amide bonds. The molecule has 0 spiro atoms. The molecule has 2 atom stereocenters. The Morgan fingerprint density at radius 1 is 1.29 bits per heavy atom. The van der Waals surface area contributed by atoms with Crippen LogP contribution in [0.3, 0.4) is 0 Å². The van der Waals surface area contributed by atoms with Crippen molar-refractivity contribution in [3.63, 3.8) is 0 Å². The van der Waals surface area contributed by atoms with Gasteiger partial charge in [0.05, 0.1) is 11.1 Å². The number of aliphatic hydroxyl groups is 1. The first-order valence-electron chi connectivity index (χ1n) is 4.19. The number of rotatable bonds is 2. The van der Waals surface area contributed by atoms with Gasteiger partial charge >= 0.3 is 6.18 Å². The molecule has 98 valence electrons. The third-order valence-corrected chi connectivity index (χ3v) is 2.29. The number of benzene rings is 1. The van der Waals surface area contributed by atoms with Gasteiger partial charge in [-0.25, -0.2) is 4.39 Å². The fraction of sp³-hybridized carbons (Fsp3) is 0.333. The zero-order valence-corrected chi connectivity index (χ0v) is 9.78. The molecule has 0 fully saturated rings. The van der Waals surface area contributed by atoms with E-state index in [1.54, 1.807) is 0 Å². The summed E-state index contributed by atoms with van der Waals surface area (Å²) in [5.74, 6) is -0.765. The summed E-state index contributed by atoms with van der Waals surface area (Å²) in [5, 5.41) is 8.54. The first kappa shape index (κ1) is 16.4. The van der Waals surface area contributed by atoms with E-state index in [0.717, 1.165) is 18.2 Å². The van der Waals surface area contributed by atoms with Crippen LogP contribution in [-0.4, -0.2) is 17.4 Å². The average Bonchev–Trinajstić information content (AvgIpc) is 2.18. The van der Waals surface area contributed by atoms with Gasteiger partial charge in [0.2, 0.25) is 0 Å². The Balaban J connectivity index is 0.00000256. The van der Waals surface area contributed by atoms with Gasteiger partial charge in [0.1, 0.15) is 5.82 Å². The Kier molecular flexibility index (Phi) is 5.67. The van der Waals surface area contributed by atoms with Crippen LogP contribution in [0.2, 0.25) is 5.02 Å². The van der Waals surface area contributed by atoms with Crippen molar-refractivity contribution in [1.29, 1.82) is 0 Å². The lowest BCUT2D eigenvalue weighted by Gasteiger charge is -2.21. The molecule has 3 N–H and O–H groups in total. The second-order valence-corrected chi connectivity index (χ2v) is 3.59. The first-order chi connectivity index (χ1) is 7.23. The minimum Gasteiger partial charge on any atom is -0.382 e. The molecule has 0 saturated heterocycles. The maximum atomic E-state index is 12.7. The van der Waals surface area contributed by atoms with Crippen LogP contribution in [0.4, 0.5) is 17.6 Å². The Morgan fingerprint density at radius 2 is 1.82 bits per heavy atom. The van der Waals surface area contributed by atoms with Crippen molar-refractivity contribution in [3.05, 3.63) is 34.6 Å². The molecule has 0 aliphatic carbocycles. The summed E-state index contributed by atoms with van der Waals surface area (Å²) in [7, 11) is 0. The summed E-state index contributed by atoms with van der Waals surface area (Å²) < 4.78 is 49.1. The molecule has 0 saturated carbocycles. The number of nitrogens with two attached hydrogens (primary N) is 1. The van der Waals surface area contributed by atoms with Gasteiger partial charge in [0, 0.05) is 0 Å². The number of aliphatic hydroxyl groups excluding tert-OH is 1. The van der Waals surface area contributed by atoms with Crippen LogP contribution < -0.4 is 5.73 Å². The van der Waals surface area contributed by atoms with Gasteiger partial charge in [0.25, 0.3) is 0 Å². The standard InChI is InChI=1S/C9H8ClF4NO.ClH/c10-5-3-4(1-2-6(5)11)7(15)8(16)9(12,13)14;/h1-3,7-8,16H,15H2;1H/t7-,8-;/m1./s1. The maximum absolute atomic E-state index is 12.7. The van der Waals surface area contributed by atoms with Crippen molar-refractivity contribution in [3.8, 4) is 0 Å². The van der Waals surface area contributed by atoms with Gasteiger partial charge in [-0.3, -0.25) is 0 Å². The zero-order valence-electron chi connectivity index (χ0n) is 8.21. The van der Waals surface area contributed by atoms with Crippen molar-refractivity contribution in [2.75, 3.05) is 0 Å². The van der Waals surface area contributed by atoms with Crippen LogP contribution in [-0.2, 0) is 0 Å². The van der Waals surface area contributed by atoms with E-state index in [0.29, 0.717) is 0 Å². The van der Waals surface area contributed by atoms with Crippen LogP contribution in [0.15, 0.2) is 18.2 Å². The number of hydrogen-bond donors (Lipinski definition) is 2. The molecule has 1 aromatic carbocycles. The second kappa shape index (κ2) is 5.86. The summed E-state index contributed by atoms with van der Waals surface area (Å²) in [4.78, 5) is 0. The van der Waals surface area contributed by atoms with E-state index in [-0.39, 0.29) is 23.0 Å². The summed E-state index contributed by atoms with van der Waals surface area (Å²) in [6.45, 7) is 0. The van der Waals surface area contributed by atoms with E-state index in [4.69, 9.17) is 22.4 Å². The summed E-state index contributed by atoms with van der Waals surface area (Å²) in [6, 6.07) is 1.19. The molecule has 0 aromatic heterocycles. The minimum atomic E-state index is -4.83. The molecule has 0 bridgehead atoms. The lowest BCUT2D eigenvalue weighted by atomic mass is 10.0. The molecular formula is C9H9Cl2F4NO. The van der Waals surface area contributed by atoms with Gasteiger partial charge in [-0.05, 0) is 17.7 Å². The van der Waals surface area contributed by atoms with Gasteiger partial charge in [-0.15, -0.1) is 12.4 Å². The van der Waals surface area contributed by atoms with Gasteiger partial charge < -0.3 is 10.8 Å². The molecule has 0 radical (unpaired) electrons. The van der Waals surface area contributed by atoms with Crippen molar-refractivity contribution >= 4 is 24.0 Å². The maximum Gasteiger partial charge on any atom is 0.416 e. The Morgan fingerprint density at radius 3 is 2.24 bits per heavy atom. The first-order valence-corrected chi connectivity index (χ1v) is 4.56. The molecule has 17 heavy (non-hydrogen) atoms. The molecule has 0 aliphatic heterocycles. The van der Waals surface area contributed by atoms with Crippen LogP contribution in [0.1, 0.15) is 11.6 Å². The van der Waals surface area contributed by atoms with Crippen molar-refractivity contribution in [2.24, 2.45) is 5.73 Å². The highest BCUT2D eigenvalue weighted by Crippen LogP contribution is 2.30. The fourth-order valence-corrected chi connectivity index (χ4v) is 1.29. The number of halogens is 6. The number of alkyl halides is 3. The van der Waals surface area contributed by atoms with E-state index in [1.807, 2.05) is 0 Å². The predicted octanol–water partition coefficient (Wildman–Crippen LogP) is 2.82. The third-order valence-electron chi connectivity index (χ3n) is 2.00. The van der Waals surface area contributed by atoms with Crippen LogP contribution in [0.5, 0.6) is 0 Å². The van der Waals surface area contributed by atoms with Crippen LogP contribution in [0.25, 0.3) is 0 Å². The van der Waals surface area contributed by atoms with Crippen molar-refractivity contribution < 1.29 is 22.7 Å². The molecule has 1 aromatic rings. The quantitative estimate of drug-likeness (QED) is 0.824. The lowest BCUT2D eigenvalue weighted by molar-refractivity contribution is -0.210. The normalized spacial score (nSPS) is 15.0. The molecule has 0 aliphatic rings. The smallest absolute Gasteiger partial charge is 0.382 e. The Bertz CT molecular complexity index is 386. The minimum absolute atomic E-state index is 0. The highest BCUT2D eigenvalue weighted by atomic mass is 35.5. The van der Waals surface area contributed by atoms with E-state index >= 15 is 0 Å². The average molecular weight is 294 g/mol. The Labute approximate surface area is 106 Å². The summed E-state index contributed by atoms with van der Waals surface area (Å²) in [5.41, 5.74) is 5.11. The number of hydrogen-bond acceptors (Lipinski definition) is 2. The van der Waals surface area contributed by atoms with Crippen molar-refractivity contribution in [2.45, 2.75) is 18.3 Å².